The molecule has 2 aliphatic rings. The highest BCUT2D eigenvalue weighted by Crippen LogP contribution is 2.41. The first-order valence-electron chi connectivity index (χ1n) is 6.81. The molecule has 1 unspecified atom stereocenters. The van der Waals surface area contributed by atoms with Crippen molar-refractivity contribution in [1.82, 2.24) is 10.2 Å². The second kappa shape index (κ2) is 4.35. The predicted octanol–water partition coefficient (Wildman–Crippen LogP) is 2.82. The minimum atomic E-state index is -0.251. The number of rotatable bonds is 2. The maximum Gasteiger partial charge on any atom is 0.244 e. The first-order valence-corrected chi connectivity index (χ1v) is 7.63. The maximum atomic E-state index is 12.6. The molecule has 2 heterocycles. The summed E-state index contributed by atoms with van der Waals surface area (Å²) in [7, 11) is 0. The Morgan fingerprint density at radius 1 is 1.44 bits per heavy atom. The van der Waals surface area contributed by atoms with Gasteiger partial charge in [0.1, 0.15) is 6.17 Å². The number of carbonyl (C=O) groups is 1. The van der Waals surface area contributed by atoms with Crippen LogP contribution in [0.1, 0.15) is 48.5 Å². The quantitative estimate of drug-likeness (QED) is 0.891. The lowest BCUT2D eigenvalue weighted by molar-refractivity contribution is -0.133. The van der Waals surface area contributed by atoms with Crippen molar-refractivity contribution >= 4 is 17.2 Å². The summed E-state index contributed by atoms with van der Waals surface area (Å²) in [5, 5.41) is 3.63. The van der Waals surface area contributed by atoms with E-state index in [1.165, 1.54) is 22.6 Å². The number of aryl methyl sites for hydroxylation is 1. The smallest absolute Gasteiger partial charge is 0.244 e. The zero-order valence-corrected chi connectivity index (χ0v) is 11.8. The summed E-state index contributed by atoms with van der Waals surface area (Å²) < 4.78 is 0. The summed E-state index contributed by atoms with van der Waals surface area (Å²) in [6.07, 6.45) is 4.45. The number of thiophene rings is 1. The van der Waals surface area contributed by atoms with Crippen LogP contribution in [0.4, 0.5) is 0 Å². The van der Waals surface area contributed by atoms with Crippen molar-refractivity contribution < 1.29 is 4.79 Å². The molecule has 1 spiro atoms. The normalized spacial score (nSPS) is 26.4. The molecule has 1 aliphatic carbocycles. The Labute approximate surface area is 112 Å². The third-order valence-electron chi connectivity index (χ3n) is 4.22. The van der Waals surface area contributed by atoms with Gasteiger partial charge in [-0.05, 0) is 38.8 Å². The molecule has 1 saturated heterocycles. The summed E-state index contributed by atoms with van der Waals surface area (Å²) >= 11 is 1.79. The Balaban J connectivity index is 1.93. The number of likely N-dealkylation sites (N-methyl/N-ethyl adjacent to an activating group) is 1. The monoisotopic (exact) mass is 264 g/mol. The molecular weight excluding hydrogens is 244 g/mol. The maximum absolute atomic E-state index is 12.6. The number of hydrogen-bond donors (Lipinski definition) is 1. The van der Waals surface area contributed by atoms with Crippen molar-refractivity contribution in [2.24, 2.45) is 0 Å². The molecule has 4 heteroatoms. The van der Waals surface area contributed by atoms with Crippen LogP contribution in [-0.2, 0) is 4.79 Å². The van der Waals surface area contributed by atoms with E-state index in [1.54, 1.807) is 11.3 Å². The molecule has 2 fully saturated rings. The molecule has 1 aromatic rings. The Morgan fingerprint density at radius 2 is 2.17 bits per heavy atom. The molecule has 1 atom stereocenters. The average molecular weight is 264 g/mol. The Morgan fingerprint density at radius 3 is 2.72 bits per heavy atom. The summed E-state index contributed by atoms with van der Waals surface area (Å²) in [4.78, 5) is 17.2. The van der Waals surface area contributed by atoms with Gasteiger partial charge in [-0.25, -0.2) is 0 Å². The van der Waals surface area contributed by atoms with Gasteiger partial charge < -0.3 is 4.90 Å². The molecule has 1 N–H and O–H groups in total. The highest BCUT2D eigenvalue weighted by Gasteiger charge is 2.52. The first-order chi connectivity index (χ1) is 8.66. The third-order valence-corrected chi connectivity index (χ3v) is 5.28. The molecular formula is C14H20N2OS. The number of nitrogens with one attached hydrogen (secondary N) is 1. The lowest BCUT2D eigenvalue weighted by Gasteiger charge is -2.21. The van der Waals surface area contributed by atoms with Crippen LogP contribution < -0.4 is 5.32 Å². The van der Waals surface area contributed by atoms with Gasteiger partial charge in [0, 0.05) is 16.3 Å². The largest absolute Gasteiger partial charge is 0.321 e. The SMILES string of the molecule is CCN1C(=O)C2(CCCC2)NC1c1ccc(C)s1. The fraction of sp³-hybridized carbons (Fsp3) is 0.643. The summed E-state index contributed by atoms with van der Waals surface area (Å²) in [6, 6.07) is 4.29. The molecule has 1 amide bonds. The van der Waals surface area contributed by atoms with Crippen LogP contribution in [0, 0.1) is 6.92 Å². The van der Waals surface area contributed by atoms with Gasteiger partial charge in [-0.3, -0.25) is 10.1 Å². The van der Waals surface area contributed by atoms with Gasteiger partial charge in [0.25, 0.3) is 0 Å². The molecule has 18 heavy (non-hydrogen) atoms. The Hall–Kier alpha value is -0.870. The lowest BCUT2D eigenvalue weighted by Crippen LogP contribution is -2.43. The first kappa shape index (κ1) is 12.2. The van der Waals surface area contributed by atoms with Crippen molar-refractivity contribution in [3.63, 3.8) is 0 Å². The van der Waals surface area contributed by atoms with E-state index >= 15 is 0 Å². The van der Waals surface area contributed by atoms with Gasteiger partial charge >= 0.3 is 0 Å². The molecule has 3 rings (SSSR count). The number of amides is 1. The van der Waals surface area contributed by atoms with Crippen LogP contribution in [0.5, 0.6) is 0 Å². The van der Waals surface area contributed by atoms with Gasteiger partial charge in [-0.2, -0.15) is 0 Å². The molecule has 0 radical (unpaired) electrons. The zero-order chi connectivity index (χ0) is 12.8. The fourth-order valence-corrected chi connectivity index (χ4v) is 4.22. The topological polar surface area (TPSA) is 32.3 Å². The molecule has 1 aromatic heterocycles. The van der Waals surface area contributed by atoms with Crippen LogP contribution in [0.15, 0.2) is 12.1 Å². The van der Waals surface area contributed by atoms with E-state index in [4.69, 9.17) is 0 Å². The molecule has 0 bridgehead atoms. The second-order valence-electron chi connectivity index (χ2n) is 5.38. The molecule has 1 aliphatic heterocycles. The van der Waals surface area contributed by atoms with E-state index in [1.807, 2.05) is 4.90 Å². The van der Waals surface area contributed by atoms with Crippen molar-refractivity contribution in [2.45, 2.75) is 51.2 Å². The van der Waals surface area contributed by atoms with Gasteiger partial charge in [0.05, 0.1) is 5.54 Å². The molecule has 98 valence electrons. The second-order valence-corrected chi connectivity index (χ2v) is 6.70. The highest BCUT2D eigenvalue weighted by molar-refractivity contribution is 7.12. The Kier molecular flexibility index (Phi) is 2.94. The molecule has 0 aromatic carbocycles. The predicted molar refractivity (Wildman–Crippen MR) is 73.5 cm³/mol. The third kappa shape index (κ3) is 1.70. The van der Waals surface area contributed by atoms with Crippen molar-refractivity contribution in [3.8, 4) is 0 Å². The zero-order valence-electron chi connectivity index (χ0n) is 11.0. The van der Waals surface area contributed by atoms with Crippen LogP contribution in [-0.4, -0.2) is 22.9 Å². The minimum Gasteiger partial charge on any atom is -0.321 e. The van der Waals surface area contributed by atoms with Crippen LogP contribution in [0.3, 0.4) is 0 Å². The number of carbonyl (C=O) groups excluding carboxylic acids is 1. The van der Waals surface area contributed by atoms with Gasteiger partial charge in [0.15, 0.2) is 0 Å². The summed E-state index contributed by atoms with van der Waals surface area (Å²) in [6.45, 7) is 4.97. The summed E-state index contributed by atoms with van der Waals surface area (Å²) in [5.41, 5.74) is -0.251. The molecule has 1 saturated carbocycles. The van der Waals surface area contributed by atoms with E-state index in [0.717, 1.165) is 19.4 Å². The van der Waals surface area contributed by atoms with Crippen molar-refractivity contribution in [3.05, 3.63) is 21.9 Å². The number of hydrogen-bond acceptors (Lipinski definition) is 3. The number of nitrogens with zero attached hydrogens (tertiary/aromatic N) is 1. The Bertz CT molecular complexity index is 462. The van der Waals surface area contributed by atoms with Crippen LogP contribution in [0.2, 0.25) is 0 Å². The minimum absolute atomic E-state index is 0.0966. The standard InChI is InChI=1S/C14H20N2OS/c1-3-16-12(11-7-6-10(2)18-11)15-14(13(16)17)8-4-5-9-14/h6-7,12,15H,3-5,8-9H2,1-2H3. The van der Waals surface area contributed by atoms with E-state index in [-0.39, 0.29) is 11.7 Å². The van der Waals surface area contributed by atoms with Gasteiger partial charge in [-0.15, -0.1) is 11.3 Å². The van der Waals surface area contributed by atoms with Gasteiger partial charge in [-0.1, -0.05) is 12.8 Å². The average Bonchev–Trinajstić information content (AvgIpc) is 3.03. The van der Waals surface area contributed by atoms with Crippen molar-refractivity contribution in [2.75, 3.05) is 6.54 Å². The van der Waals surface area contributed by atoms with Gasteiger partial charge in [0.2, 0.25) is 5.91 Å². The lowest BCUT2D eigenvalue weighted by atomic mass is 9.98. The van der Waals surface area contributed by atoms with E-state index in [0.29, 0.717) is 5.91 Å². The molecule has 3 nitrogen and oxygen atoms in total. The van der Waals surface area contributed by atoms with E-state index < -0.39 is 0 Å². The van der Waals surface area contributed by atoms with Crippen LogP contribution in [0.25, 0.3) is 0 Å². The summed E-state index contributed by atoms with van der Waals surface area (Å²) in [5.74, 6) is 0.318. The van der Waals surface area contributed by atoms with Crippen molar-refractivity contribution in [1.29, 1.82) is 0 Å². The van der Waals surface area contributed by atoms with E-state index in [9.17, 15) is 4.79 Å². The fourth-order valence-electron chi connectivity index (χ4n) is 3.28. The van der Waals surface area contributed by atoms with Crippen LogP contribution >= 0.6 is 11.3 Å². The highest BCUT2D eigenvalue weighted by atomic mass is 32.1. The van der Waals surface area contributed by atoms with E-state index in [2.05, 4.69) is 31.3 Å².